The fraction of sp³-hybridized carbons (Fsp3) is 0.833. The van der Waals surface area contributed by atoms with E-state index in [1.54, 1.807) is 6.92 Å². The van der Waals surface area contributed by atoms with Crippen LogP contribution in [0.1, 0.15) is 6.92 Å². The molecule has 0 aromatic rings. The van der Waals surface area contributed by atoms with Crippen molar-refractivity contribution in [1.82, 2.24) is 5.32 Å². The Hall–Kier alpha value is -0.460. The van der Waals surface area contributed by atoms with Crippen LogP contribution in [0.4, 0.5) is 0 Å². The van der Waals surface area contributed by atoms with E-state index in [0.29, 0.717) is 0 Å². The van der Waals surface area contributed by atoms with Crippen molar-refractivity contribution in [2.24, 2.45) is 5.73 Å². The summed E-state index contributed by atoms with van der Waals surface area (Å²) in [5, 5.41) is 2.37. The molecule has 1 atom stereocenters. The summed E-state index contributed by atoms with van der Waals surface area (Å²) in [6.45, 7) is 1.56. The number of hydrogen-bond acceptors (Lipinski definition) is 5. The molecule has 0 heterocycles. The minimum absolute atomic E-state index is 0.0862. The SMILES string of the molecule is CCOP(=O)(O)OCCNC(=O)CN. The first-order valence-corrected chi connectivity index (χ1v) is 5.60. The highest BCUT2D eigenvalue weighted by Gasteiger charge is 2.19. The van der Waals surface area contributed by atoms with Crippen molar-refractivity contribution in [3.63, 3.8) is 0 Å². The maximum atomic E-state index is 10.9. The van der Waals surface area contributed by atoms with Crippen LogP contribution in [-0.4, -0.2) is 37.1 Å². The van der Waals surface area contributed by atoms with Crippen LogP contribution >= 0.6 is 7.82 Å². The monoisotopic (exact) mass is 226 g/mol. The second-order valence-corrected chi connectivity index (χ2v) is 3.73. The smallest absolute Gasteiger partial charge is 0.353 e. The van der Waals surface area contributed by atoms with Gasteiger partial charge in [0.2, 0.25) is 5.91 Å². The molecule has 4 N–H and O–H groups in total. The molecule has 14 heavy (non-hydrogen) atoms. The summed E-state index contributed by atoms with van der Waals surface area (Å²) in [4.78, 5) is 19.5. The Balaban J connectivity index is 3.53. The standard InChI is InChI=1S/C6H15N2O5P/c1-2-12-14(10,11)13-4-3-8-6(9)5-7/h2-5,7H2,1H3,(H,8,9)(H,10,11). The van der Waals surface area contributed by atoms with E-state index < -0.39 is 7.82 Å². The second-order valence-electron chi connectivity index (χ2n) is 2.27. The third kappa shape index (κ3) is 6.99. The van der Waals surface area contributed by atoms with Crippen molar-refractivity contribution in [3.05, 3.63) is 0 Å². The molecular formula is C6H15N2O5P. The van der Waals surface area contributed by atoms with E-state index in [1.165, 1.54) is 0 Å². The van der Waals surface area contributed by atoms with Crippen LogP contribution < -0.4 is 11.1 Å². The van der Waals surface area contributed by atoms with Crippen LogP contribution in [0.2, 0.25) is 0 Å². The van der Waals surface area contributed by atoms with E-state index >= 15 is 0 Å². The topological polar surface area (TPSA) is 111 Å². The van der Waals surface area contributed by atoms with Gasteiger partial charge in [-0.2, -0.15) is 0 Å². The van der Waals surface area contributed by atoms with Crippen LogP contribution in [0, 0.1) is 0 Å². The molecule has 0 rings (SSSR count). The Morgan fingerprint density at radius 2 is 2.21 bits per heavy atom. The first-order chi connectivity index (χ1) is 6.52. The normalized spacial score (nSPS) is 14.8. The predicted octanol–water partition coefficient (Wildman–Crippen LogP) is -0.785. The molecule has 0 aromatic heterocycles. The zero-order valence-corrected chi connectivity index (χ0v) is 8.83. The third-order valence-electron chi connectivity index (χ3n) is 1.16. The fourth-order valence-electron chi connectivity index (χ4n) is 0.624. The number of nitrogens with two attached hydrogens (primary N) is 1. The first-order valence-electron chi connectivity index (χ1n) is 4.10. The van der Waals surface area contributed by atoms with E-state index in [1.807, 2.05) is 0 Å². The number of amides is 1. The third-order valence-corrected chi connectivity index (χ3v) is 2.25. The summed E-state index contributed by atoms with van der Waals surface area (Å²) in [6.07, 6.45) is 0. The average Bonchev–Trinajstić information content (AvgIpc) is 2.12. The van der Waals surface area contributed by atoms with Gasteiger partial charge in [0, 0.05) is 6.54 Å². The van der Waals surface area contributed by atoms with Gasteiger partial charge in [-0.15, -0.1) is 0 Å². The Bertz CT molecular complexity index is 222. The van der Waals surface area contributed by atoms with Gasteiger partial charge in [0.25, 0.3) is 0 Å². The van der Waals surface area contributed by atoms with Crippen LogP contribution in [0.15, 0.2) is 0 Å². The maximum absolute atomic E-state index is 10.9. The molecule has 0 saturated carbocycles. The van der Waals surface area contributed by atoms with Crippen molar-refractivity contribution in [2.75, 3.05) is 26.3 Å². The zero-order chi connectivity index (χ0) is 11.0. The number of nitrogens with one attached hydrogen (secondary N) is 1. The highest BCUT2D eigenvalue weighted by molar-refractivity contribution is 7.47. The molecule has 84 valence electrons. The molecule has 0 aliphatic rings. The van der Waals surface area contributed by atoms with Crippen LogP contribution in [0.3, 0.4) is 0 Å². The lowest BCUT2D eigenvalue weighted by Gasteiger charge is -2.10. The summed E-state index contributed by atoms with van der Waals surface area (Å²) in [6, 6.07) is 0. The summed E-state index contributed by atoms with van der Waals surface area (Å²) >= 11 is 0. The Morgan fingerprint density at radius 1 is 1.57 bits per heavy atom. The minimum Gasteiger partial charge on any atom is -0.353 e. The van der Waals surface area contributed by atoms with E-state index in [-0.39, 0.29) is 32.2 Å². The summed E-state index contributed by atoms with van der Waals surface area (Å²) in [5.41, 5.74) is 5.01. The molecule has 1 amide bonds. The van der Waals surface area contributed by atoms with Gasteiger partial charge >= 0.3 is 7.82 Å². The summed E-state index contributed by atoms with van der Waals surface area (Å²) < 4.78 is 19.8. The molecule has 0 bridgehead atoms. The number of phosphoric acid groups is 1. The fourth-order valence-corrected chi connectivity index (χ4v) is 1.35. The second kappa shape index (κ2) is 6.92. The molecule has 0 saturated heterocycles. The molecular weight excluding hydrogens is 211 g/mol. The Labute approximate surface area is 82.2 Å². The van der Waals surface area contributed by atoms with Gasteiger partial charge in [-0.1, -0.05) is 0 Å². The van der Waals surface area contributed by atoms with Gasteiger partial charge in [-0.3, -0.25) is 13.8 Å². The lowest BCUT2D eigenvalue weighted by Crippen LogP contribution is -2.32. The Kier molecular flexibility index (Phi) is 6.69. The number of carbonyl (C=O) groups excluding carboxylic acids is 1. The summed E-state index contributed by atoms with van der Waals surface area (Å²) in [5.74, 6) is -0.349. The highest BCUT2D eigenvalue weighted by atomic mass is 31.2. The van der Waals surface area contributed by atoms with Crippen LogP contribution in [0.5, 0.6) is 0 Å². The van der Waals surface area contributed by atoms with Crippen LogP contribution in [-0.2, 0) is 18.4 Å². The van der Waals surface area contributed by atoms with E-state index in [2.05, 4.69) is 14.4 Å². The quantitative estimate of drug-likeness (QED) is 0.387. The molecule has 1 unspecified atom stereocenters. The molecule has 0 spiro atoms. The van der Waals surface area contributed by atoms with Crippen molar-refractivity contribution in [3.8, 4) is 0 Å². The highest BCUT2D eigenvalue weighted by Crippen LogP contribution is 2.42. The number of carbonyl (C=O) groups is 1. The van der Waals surface area contributed by atoms with E-state index in [0.717, 1.165) is 0 Å². The van der Waals surface area contributed by atoms with Gasteiger partial charge in [0.1, 0.15) is 0 Å². The van der Waals surface area contributed by atoms with Gasteiger partial charge in [-0.25, -0.2) is 4.57 Å². The van der Waals surface area contributed by atoms with Gasteiger partial charge in [0.15, 0.2) is 0 Å². The molecule has 0 radical (unpaired) electrons. The maximum Gasteiger partial charge on any atom is 0.472 e. The molecule has 0 aliphatic carbocycles. The lowest BCUT2D eigenvalue weighted by atomic mass is 10.6. The van der Waals surface area contributed by atoms with E-state index in [4.69, 9.17) is 10.6 Å². The molecule has 0 aliphatic heterocycles. The minimum atomic E-state index is -3.94. The molecule has 7 nitrogen and oxygen atoms in total. The van der Waals surface area contributed by atoms with Gasteiger partial charge in [-0.05, 0) is 6.92 Å². The van der Waals surface area contributed by atoms with Crippen molar-refractivity contribution < 1.29 is 23.3 Å². The van der Waals surface area contributed by atoms with Gasteiger partial charge in [0.05, 0.1) is 19.8 Å². The predicted molar refractivity (Wildman–Crippen MR) is 49.5 cm³/mol. The number of phosphoric ester groups is 1. The Morgan fingerprint density at radius 3 is 2.71 bits per heavy atom. The van der Waals surface area contributed by atoms with Gasteiger partial charge < -0.3 is 15.9 Å². The summed E-state index contributed by atoms with van der Waals surface area (Å²) in [7, 11) is -3.94. The van der Waals surface area contributed by atoms with E-state index in [9.17, 15) is 9.36 Å². The molecule has 8 heteroatoms. The van der Waals surface area contributed by atoms with Crippen molar-refractivity contribution in [2.45, 2.75) is 6.92 Å². The molecule has 0 aromatic carbocycles. The first kappa shape index (κ1) is 13.5. The lowest BCUT2D eigenvalue weighted by molar-refractivity contribution is -0.119. The number of hydrogen-bond donors (Lipinski definition) is 3. The largest absolute Gasteiger partial charge is 0.472 e. The van der Waals surface area contributed by atoms with Crippen molar-refractivity contribution >= 4 is 13.7 Å². The average molecular weight is 226 g/mol. The molecule has 0 fully saturated rings. The number of rotatable bonds is 7. The van der Waals surface area contributed by atoms with Crippen molar-refractivity contribution in [1.29, 1.82) is 0 Å². The van der Waals surface area contributed by atoms with Crippen LogP contribution in [0.25, 0.3) is 0 Å². The zero-order valence-electron chi connectivity index (χ0n) is 7.93.